The van der Waals surface area contributed by atoms with Crippen LogP contribution < -0.4 is 10.6 Å². The first-order chi connectivity index (χ1) is 21.8. The number of nitrogens with one attached hydrogen (secondary N) is 2. The molecule has 2 bridgehead atoms. The standard InChI is InChI=1S/C28H29F6N5O.C2HF3O2/c1-39-22(19-7-3-5-9-21(19)28(32,33)34)37-38-23(39)26-13-10-25(11-14-26,12-15-26)17-36-24(40)35-16-18-6-2-4-8-20(18)27(29,30)31;3-2(4,5)1(6)7/h2-9H,10-17H2,1H3,(H2,35,36,40);(H,6,7). The fraction of sp³-hybridized carbons (Fsp3) is 0.467. The fourth-order valence-corrected chi connectivity index (χ4v) is 6.27. The molecular formula is C30H30F9N5O3. The van der Waals surface area contributed by atoms with Crippen molar-refractivity contribution in [3.8, 4) is 11.4 Å². The molecular weight excluding hydrogens is 649 g/mol. The summed E-state index contributed by atoms with van der Waals surface area (Å²) < 4.78 is 114. The molecule has 3 aliphatic rings. The Morgan fingerprint density at radius 3 is 1.83 bits per heavy atom. The number of hydrogen-bond donors (Lipinski definition) is 3. The Kier molecular flexibility index (Phi) is 9.88. The summed E-state index contributed by atoms with van der Waals surface area (Å²) in [6, 6.07) is 9.92. The summed E-state index contributed by atoms with van der Waals surface area (Å²) in [6.45, 7) is 0.141. The first kappa shape index (κ1) is 35.5. The maximum Gasteiger partial charge on any atom is 0.490 e. The van der Waals surface area contributed by atoms with E-state index in [1.165, 1.54) is 30.3 Å². The number of fused-ring (bicyclic) bond motifs is 3. The van der Waals surface area contributed by atoms with Crippen LogP contribution in [0.1, 0.15) is 61.0 Å². The zero-order valence-electron chi connectivity index (χ0n) is 24.8. The summed E-state index contributed by atoms with van der Waals surface area (Å²) in [4.78, 5) is 21.3. The number of carboxylic acids is 1. The molecule has 0 aliphatic heterocycles. The van der Waals surface area contributed by atoms with Gasteiger partial charge in [0.1, 0.15) is 5.82 Å². The first-order valence-corrected chi connectivity index (χ1v) is 14.3. The average Bonchev–Trinajstić information content (AvgIpc) is 3.41. The highest BCUT2D eigenvalue weighted by Gasteiger charge is 2.51. The molecule has 3 aromatic rings. The van der Waals surface area contributed by atoms with Gasteiger partial charge >= 0.3 is 30.5 Å². The van der Waals surface area contributed by atoms with Gasteiger partial charge in [-0.05, 0) is 61.6 Å². The number of aromatic nitrogens is 3. The molecule has 1 aromatic heterocycles. The van der Waals surface area contributed by atoms with Gasteiger partial charge in [0.05, 0.1) is 11.1 Å². The van der Waals surface area contributed by atoms with E-state index in [9.17, 15) is 44.3 Å². The molecule has 3 N–H and O–H groups in total. The van der Waals surface area contributed by atoms with Crippen LogP contribution in [0.4, 0.5) is 44.3 Å². The fourth-order valence-electron chi connectivity index (χ4n) is 6.27. The number of hydrogen-bond acceptors (Lipinski definition) is 4. The van der Waals surface area contributed by atoms with Crippen molar-refractivity contribution in [3.05, 3.63) is 71.0 Å². The molecule has 0 radical (unpaired) electrons. The Hall–Kier alpha value is -4.31. The molecule has 0 unspecified atom stereocenters. The van der Waals surface area contributed by atoms with Gasteiger partial charge in [-0.2, -0.15) is 39.5 Å². The minimum atomic E-state index is -5.08. The predicted octanol–water partition coefficient (Wildman–Crippen LogP) is 7.24. The number of carbonyl (C=O) groups excluding carboxylic acids is 1. The van der Waals surface area contributed by atoms with Crippen molar-refractivity contribution < 1.29 is 54.2 Å². The van der Waals surface area contributed by atoms with E-state index in [1.54, 1.807) is 17.7 Å². The molecule has 2 aromatic carbocycles. The number of carbonyl (C=O) groups is 2. The smallest absolute Gasteiger partial charge is 0.475 e. The van der Waals surface area contributed by atoms with Crippen molar-refractivity contribution in [1.29, 1.82) is 0 Å². The number of benzene rings is 2. The zero-order chi connectivity index (χ0) is 34.8. The quantitative estimate of drug-likeness (QED) is 0.238. The topological polar surface area (TPSA) is 109 Å². The molecule has 8 nitrogen and oxygen atoms in total. The highest BCUT2D eigenvalue weighted by molar-refractivity contribution is 5.74. The SMILES string of the molecule is Cn1c(-c2ccccc2C(F)(F)F)nnc1C12CCC(CNC(=O)NCc3ccccc3C(F)(F)F)(CC1)CC2.O=C(O)C(F)(F)F. The van der Waals surface area contributed by atoms with Crippen molar-refractivity contribution in [2.75, 3.05) is 6.54 Å². The lowest BCUT2D eigenvalue weighted by Gasteiger charge is -2.52. The monoisotopic (exact) mass is 679 g/mol. The summed E-state index contributed by atoms with van der Waals surface area (Å²) >= 11 is 0. The Morgan fingerprint density at radius 1 is 0.787 bits per heavy atom. The van der Waals surface area contributed by atoms with Crippen LogP contribution >= 0.6 is 0 Å². The second kappa shape index (κ2) is 13.1. The second-order valence-electron chi connectivity index (χ2n) is 11.7. The molecule has 17 heteroatoms. The van der Waals surface area contributed by atoms with Crippen LogP contribution in [0.5, 0.6) is 0 Å². The highest BCUT2D eigenvalue weighted by Crippen LogP contribution is 2.57. The molecule has 6 rings (SSSR count). The summed E-state index contributed by atoms with van der Waals surface area (Å²) in [5, 5.41) is 21.0. The van der Waals surface area contributed by atoms with Crippen LogP contribution in [0.2, 0.25) is 0 Å². The molecule has 47 heavy (non-hydrogen) atoms. The number of alkyl halides is 9. The van der Waals surface area contributed by atoms with E-state index in [0.717, 1.165) is 50.7 Å². The third-order valence-electron chi connectivity index (χ3n) is 8.85. The minimum Gasteiger partial charge on any atom is -0.475 e. The van der Waals surface area contributed by atoms with Gasteiger partial charge in [-0.25, -0.2) is 9.59 Å². The average molecular weight is 680 g/mol. The van der Waals surface area contributed by atoms with Crippen LogP contribution in [-0.2, 0) is 36.2 Å². The lowest BCUT2D eigenvalue weighted by atomic mass is 9.53. The lowest BCUT2D eigenvalue weighted by molar-refractivity contribution is -0.192. The van der Waals surface area contributed by atoms with E-state index >= 15 is 0 Å². The van der Waals surface area contributed by atoms with Crippen LogP contribution in [0.25, 0.3) is 11.4 Å². The normalized spacial score (nSPS) is 21.1. The van der Waals surface area contributed by atoms with Gasteiger partial charge in [0.25, 0.3) is 0 Å². The minimum absolute atomic E-state index is 0.00988. The van der Waals surface area contributed by atoms with Crippen LogP contribution in [0.15, 0.2) is 48.5 Å². The third kappa shape index (κ3) is 7.99. The number of urea groups is 1. The zero-order valence-corrected chi connectivity index (χ0v) is 24.8. The molecule has 3 aliphatic carbocycles. The number of nitrogens with zero attached hydrogens (tertiary/aromatic N) is 3. The summed E-state index contributed by atoms with van der Waals surface area (Å²) in [6.07, 6.45) is -9.50. The van der Waals surface area contributed by atoms with Crippen molar-refractivity contribution in [2.45, 2.75) is 69.0 Å². The maximum atomic E-state index is 13.6. The van der Waals surface area contributed by atoms with Gasteiger partial charge < -0.3 is 20.3 Å². The van der Waals surface area contributed by atoms with E-state index < -0.39 is 41.7 Å². The molecule has 3 saturated carbocycles. The third-order valence-corrected chi connectivity index (χ3v) is 8.85. The summed E-state index contributed by atoms with van der Waals surface area (Å²) in [5.41, 5.74) is -2.01. The highest BCUT2D eigenvalue weighted by atomic mass is 19.4. The van der Waals surface area contributed by atoms with Crippen molar-refractivity contribution in [1.82, 2.24) is 25.4 Å². The molecule has 256 valence electrons. The second-order valence-corrected chi connectivity index (χ2v) is 11.7. The predicted molar refractivity (Wildman–Crippen MR) is 149 cm³/mol. The Morgan fingerprint density at radius 2 is 1.30 bits per heavy atom. The van der Waals surface area contributed by atoms with E-state index in [1.807, 2.05) is 0 Å². The van der Waals surface area contributed by atoms with Crippen molar-refractivity contribution in [3.63, 3.8) is 0 Å². The van der Waals surface area contributed by atoms with Gasteiger partial charge in [0.15, 0.2) is 5.82 Å². The van der Waals surface area contributed by atoms with Gasteiger partial charge in [0.2, 0.25) is 0 Å². The molecule has 0 spiro atoms. The Labute approximate surface area is 262 Å². The molecule has 3 fully saturated rings. The number of aliphatic carboxylic acids is 1. The summed E-state index contributed by atoms with van der Waals surface area (Å²) in [5.74, 6) is -1.92. The molecule has 0 saturated heterocycles. The van der Waals surface area contributed by atoms with Crippen molar-refractivity contribution in [2.24, 2.45) is 12.5 Å². The Balaban J connectivity index is 0.000000644. The van der Waals surface area contributed by atoms with Gasteiger partial charge in [0, 0.05) is 31.1 Å². The van der Waals surface area contributed by atoms with Crippen LogP contribution in [-0.4, -0.2) is 44.6 Å². The number of rotatable bonds is 6. The van der Waals surface area contributed by atoms with Gasteiger partial charge in [-0.3, -0.25) is 0 Å². The van der Waals surface area contributed by atoms with E-state index in [2.05, 4.69) is 20.8 Å². The van der Waals surface area contributed by atoms with Gasteiger partial charge in [-0.1, -0.05) is 36.4 Å². The first-order valence-electron chi connectivity index (χ1n) is 14.3. The van der Waals surface area contributed by atoms with Crippen LogP contribution in [0, 0.1) is 5.41 Å². The van der Waals surface area contributed by atoms with Crippen LogP contribution in [0.3, 0.4) is 0 Å². The van der Waals surface area contributed by atoms with Gasteiger partial charge in [-0.15, -0.1) is 10.2 Å². The van der Waals surface area contributed by atoms with E-state index in [0.29, 0.717) is 12.4 Å². The molecule has 1 heterocycles. The van der Waals surface area contributed by atoms with Crippen molar-refractivity contribution >= 4 is 12.0 Å². The largest absolute Gasteiger partial charge is 0.490 e. The van der Waals surface area contributed by atoms with E-state index in [-0.39, 0.29) is 34.3 Å². The maximum absolute atomic E-state index is 13.6. The lowest BCUT2D eigenvalue weighted by Crippen LogP contribution is -2.51. The Bertz CT molecular complexity index is 1570. The number of amides is 2. The summed E-state index contributed by atoms with van der Waals surface area (Å²) in [7, 11) is 1.70. The molecule has 2 amide bonds. The number of halogens is 9. The number of carboxylic acid groups (broad SMARTS) is 1. The van der Waals surface area contributed by atoms with E-state index in [4.69, 9.17) is 9.90 Å². The molecule has 0 atom stereocenters.